The van der Waals surface area contributed by atoms with Gasteiger partial charge in [-0.05, 0) is 42.2 Å². The first-order valence-corrected chi connectivity index (χ1v) is 11.3. The summed E-state index contributed by atoms with van der Waals surface area (Å²) in [5, 5.41) is 2.74. The van der Waals surface area contributed by atoms with Crippen LogP contribution in [-0.2, 0) is 14.4 Å². The Hall–Kier alpha value is -3.61. The number of carbonyl (C=O) groups excluding carboxylic acids is 3. The van der Waals surface area contributed by atoms with Gasteiger partial charge >= 0.3 is 0 Å². The van der Waals surface area contributed by atoms with Crippen LogP contribution in [0.5, 0.6) is 11.5 Å². The number of nitrogens with one attached hydrogen (secondary N) is 1. The van der Waals surface area contributed by atoms with Crippen molar-refractivity contribution in [1.82, 2.24) is 0 Å². The lowest BCUT2D eigenvalue weighted by molar-refractivity contribution is -0.121. The van der Waals surface area contributed by atoms with Crippen molar-refractivity contribution in [3.05, 3.63) is 59.3 Å². The zero-order chi connectivity index (χ0) is 24.6. The van der Waals surface area contributed by atoms with Gasteiger partial charge in [-0.1, -0.05) is 26.0 Å². The largest absolute Gasteiger partial charge is 0.493 e. The third kappa shape index (κ3) is 4.30. The summed E-state index contributed by atoms with van der Waals surface area (Å²) in [6.07, 6.45) is 1.15. The molecule has 0 fully saturated rings. The lowest BCUT2D eigenvalue weighted by Gasteiger charge is -2.43. The minimum absolute atomic E-state index is 0.0495. The Morgan fingerprint density at radius 3 is 2.35 bits per heavy atom. The van der Waals surface area contributed by atoms with Crippen molar-refractivity contribution in [3.8, 4) is 11.5 Å². The molecule has 1 aliphatic heterocycles. The van der Waals surface area contributed by atoms with Gasteiger partial charge in [-0.15, -0.1) is 0 Å². The van der Waals surface area contributed by atoms with Crippen molar-refractivity contribution in [3.63, 3.8) is 0 Å². The lowest BCUT2D eigenvalue weighted by atomic mass is 9.69. The van der Waals surface area contributed by atoms with E-state index in [-0.39, 0.29) is 29.4 Å². The highest BCUT2D eigenvalue weighted by molar-refractivity contribution is 6.08. The van der Waals surface area contributed by atoms with Crippen molar-refractivity contribution in [1.29, 1.82) is 0 Å². The van der Waals surface area contributed by atoms with Crippen LogP contribution in [0.25, 0.3) is 0 Å². The maximum atomic E-state index is 13.6. The molecular formula is C27H30N2O5. The maximum absolute atomic E-state index is 13.6. The fraction of sp³-hybridized carbons (Fsp3) is 0.370. The number of ether oxygens (including phenoxy) is 2. The average molecular weight is 463 g/mol. The molecule has 0 spiro atoms. The summed E-state index contributed by atoms with van der Waals surface area (Å²) in [7, 11) is 3.13. The van der Waals surface area contributed by atoms with Crippen molar-refractivity contribution in [2.75, 3.05) is 24.4 Å². The molecule has 2 aromatic rings. The predicted molar refractivity (Wildman–Crippen MR) is 130 cm³/mol. The van der Waals surface area contributed by atoms with Gasteiger partial charge in [0.2, 0.25) is 11.8 Å². The first kappa shape index (κ1) is 23.5. The number of rotatable bonds is 5. The van der Waals surface area contributed by atoms with E-state index in [0.717, 1.165) is 11.3 Å². The molecule has 2 aromatic carbocycles. The van der Waals surface area contributed by atoms with Gasteiger partial charge in [-0.2, -0.15) is 0 Å². The van der Waals surface area contributed by atoms with Crippen LogP contribution in [0.4, 0.5) is 11.4 Å². The van der Waals surface area contributed by atoms with Gasteiger partial charge in [0.15, 0.2) is 17.3 Å². The second kappa shape index (κ2) is 8.97. The second-order valence-electron chi connectivity index (χ2n) is 9.60. The summed E-state index contributed by atoms with van der Waals surface area (Å²) in [5.41, 5.74) is 3.22. The molecule has 0 radical (unpaired) electrons. The molecule has 34 heavy (non-hydrogen) atoms. The molecular weight excluding hydrogens is 432 g/mol. The Bertz CT molecular complexity index is 1180. The van der Waals surface area contributed by atoms with E-state index in [0.29, 0.717) is 41.3 Å². The van der Waals surface area contributed by atoms with Gasteiger partial charge in [0.05, 0.1) is 14.2 Å². The van der Waals surface area contributed by atoms with Crippen molar-refractivity contribution in [2.24, 2.45) is 5.41 Å². The number of Topliss-reactive ketones (excluding diaryl/α,β-unsaturated/α-hetero) is 1. The number of allylic oxidation sites excluding steroid dienone is 2. The number of hydrogen-bond donors (Lipinski definition) is 1. The highest BCUT2D eigenvalue weighted by atomic mass is 16.5. The first-order valence-electron chi connectivity index (χ1n) is 11.3. The van der Waals surface area contributed by atoms with Gasteiger partial charge < -0.3 is 14.8 Å². The Morgan fingerprint density at radius 2 is 1.74 bits per heavy atom. The van der Waals surface area contributed by atoms with Gasteiger partial charge in [0.1, 0.15) is 0 Å². The van der Waals surface area contributed by atoms with E-state index < -0.39 is 5.92 Å². The SMILES string of the molecule is COc1cccc(C2CC(=O)N(c3ccc(NC(C)=O)cc3)C3=C2C(=O)CC(C)(C)C3)c1OC. The van der Waals surface area contributed by atoms with Crippen LogP contribution in [-0.4, -0.2) is 31.8 Å². The van der Waals surface area contributed by atoms with Crippen LogP contribution in [0, 0.1) is 5.41 Å². The lowest BCUT2D eigenvalue weighted by Crippen LogP contribution is -2.43. The number of nitrogens with zero attached hydrogens (tertiary/aromatic N) is 1. The number of benzene rings is 2. The summed E-state index contributed by atoms with van der Waals surface area (Å²) in [4.78, 5) is 40.2. The van der Waals surface area contributed by atoms with Crippen molar-refractivity contribution >= 4 is 29.0 Å². The third-order valence-corrected chi connectivity index (χ3v) is 6.40. The smallest absolute Gasteiger partial charge is 0.232 e. The highest BCUT2D eigenvalue weighted by Gasteiger charge is 2.45. The molecule has 4 rings (SSSR count). The number of hydrogen-bond acceptors (Lipinski definition) is 5. The average Bonchev–Trinajstić information content (AvgIpc) is 2.77. The minimum atomic E-state index is -0.411. The van der Waals surface area contributed by atoms with Gasteiger partial charge in [0, 0.05) is 53.9 Å². The van der Waals surface area contributed by atoms with Crippen molar-refractivity contribution < 1.29 is 23.9 Å². The molecule has 2 amide bonds. The second-order valence-corrected chi connectivity index (χ2v) is 9.60. The number of ketones is 1. The maximum Gasteiger partial charge on any atom is 0.232 e. The number of anilines is 2. The van der Waals surface area contributed by atoms with Gasteiger partial charge in [-0.3, -0.25) is 19.3 Å². The summed E-state index contributed by atoms with van der Waals surface area (Å²) in [6, 6.07) is 12.7. The molecule has 1 atom stereocenters. The van der Waals surface area contributed by atoms with Crippen molar-refractivity contribution in [2.45, 2.75) is 46.0 Å². The van der Waals surface area contributed by atoms with Crippen LogP contribution in [0.2, 0.25) is 0 Å². The number of amides is 2. The molecule has 1 heterocycles. The molecule has 0 bridgehead atoms. The van der Waals surface area contributed by atoms with E-state index in [1.807, 2.05) is 26.0 Å². The Kier molecular flexibility index (Phi) is 6.21. The molecule has 7 nitrogen and oxygen atoms in total. The molecule has 178 valence electrons. The number of carbonyl (C=O) groups is 3. The topological polar surface area (TPSA) is 84.9 Å². The van der Waals surface area contributed by atoms with Gasteiger partial charge in [0.25, 0.3) is 0 Å². The van der Waals surface area contributed by atoms with Crippen LogP contribution in [0.15, 0.2) is 53.7 Å². The van der Waals surface area contributed by atoms with Crippen LogP contribution in [0.3, 0.4) is 0 Å². The standard InChI is InChI=1S/C27H30N2O5/c1-16(30)28-17-9-11-18(12-10-17)29-21-14-27(2,3)15-22(31)25(21)20(13-24(29)32)19-7-6-8-23(33-4)26(19)34-5/h6-12,20H,13-15H2,1-5H3,(H,28,30). The normalized spacial score (nSPS) is 19.6. The molecule has 1 unspecified atom stereocenters. The summed E-state index contributed by atoms with van der Waals surface area (Å²) < 4.78 is 11.1. The zero-order valence-electron chi connectivity index (χ0n) is 20.2. The fourth-order valence-electron chi connectivity index (χ4n) is 5.06. The highest BCUT2D eigenvalue weighted by Crippen LogP contribution is 2.50. The number of para-hydroxylation sites is 1. The number of methoxy groups -OCH3 is 2. The molecule has 1 N–H and O–H groups in total. The predicted octanol–water partition coefficient (Wildman–Crippen LogP) is 4.83. The van der Waals surface area contributed by atoms with E-state index in [4.69, 9.17) is 9.47 Å². The fourth-order valence-corrected chi connectivity index (χ4v) is 5.06. The van der Waals surface area contributed by atoms with Gasteiger partial charge in [-0.25, -0.2) is 0 Å². The molecule has 0 saturated heterocycles. The summed E-state index contributed by atoms with van der Waals surface area (Å²) in [5.74, 6) is 0.488. The summed E-state index contributed by atoms with van der Waals surface area (Å²) >= 11 is 0. The minimum Gasteiger partial charge on any atom is -0.493 e. The van der Waals surface area contributed by atoms with Crippen LogP contribution in [0.1, 0.15) is 51.5 Å². The molecule has 7 heteroatoms. The first-order chi connectivity index (χ1) is 16.1. The van der Waals surface area contributed by atoms with E-state index in [2.05, 4.69) is 5.32 Å². The molecule has 0 saturated carbocycles. The van der Waals surface area contributed by atoms with E-state index in [1.54, 1.807) is 49.5 Å². The Labute approximate surface area is 199 Å². The zero-order valence-corrected chi connectivity index (χ0v) is 20.2. The third-order valence-electron chi connectivity index (χ3n) is 6.40. The molecule has 1 aliphatic carbocycles. The quantitative estimate of drug-likeness (QED) is 0.688. The molecule has 2 aliphatic rings. The molecule has 0 aromatic heterocycles. The Balaban J connectivity index is 1.86. The van der Waals surface area contributed by atoms with Crippen LogP contribution >= 0.6 is 0 Å². The van der Waals surface area contributed by atoms with E-state index in [9.17, 15) is 14.4 Å². The Morgan fingerprint density at radius 1 is 1.03 bits per heavy atom. The van der Waals surface area contributed by atoms with Crippen LogP contribution < -0.4 is 19.7 Å². The van der Waals surface area contributed by atoms with E-state index >= 15 is 0 Å². The summed E-state index contributed by atoms with van der Waals surface area (Å²) in [6.45, 7) is 5.54. The monoisotopic (exact) mass is 462 g/mol. The van der Waals surface area contributed by atoms with E-state index in [1.165, 1.54) is 6.92 Å².